The first kappa shape index (κ1) is 17.0. The first-order valence-electron chi connectivity index (χ1n) is 8.29. The summed E-state index contributed by atoms with van der Waals surface area (Å²) >= 11 is 0. The third kappa shape index (κ3) is 4.61. The Balaban J connectivity index is 1.66. The third-order valence-electron chi connectivity index (χ3n) is 3.77. The number of hydrogen-bond donors (Lipinski definition) is 1. The van der Waals surface area contributed by atoms with Gasteiger partial charge in [0.05, 0.1) is 6.61 Å². The van der Waals surface area contributed by atoms with Crippen LogP contribution in [0.5, 0.6) is 11.5 Å². The number of aromatic nitrogens is 1. The maximum absolute atomic E-state index is 12.1. The molecule has 0 fully saturated rings. The molecule has 0 saturated heterocycles. The predicted molar refractivity (Wildman–Crippen MR) is 98.3 cm³/mol. The van der Waals surface area contributed by atoms with E-state index in [4.69, 9.17) is 9.47 Å². The van der Waals surface area contributed by atoms with E-state index in [1.54, 1.807) is 6.07 Å². The Labute approximate surface area is 147 Å². The number of hydrogen-bond acceptors (Lipinski definition) is 4. The molecule has 3 aromatic rings. The molecule has 130 valence electrons. The fourth-order valence-electron chi connectivity index (χ4n) is 2.53. The molecule has 5 nitrogen and oxygen atoms in total. The lowest BCUT2D eigenvalue weighted by Gasteiger charge is -2.08. The summed E-state index contributed by atoms with van der Waals surface area (Å²) in [6.45, 7) is 1.30. The number of nitrogens with one attached hydrogen (secondary N) is 1. The van der Waals surface area contributed by atoms with Crippen molar-refractivity contribution in [2.45, 2.75) is 6.42 Å². The van der Waals surface area contributed by atoms with Crippen molar-refractivity contribution in [2.24, 2.45) is 0 Å². The van der Waals surface area contributed by atoms with Crippen LogP contribution in [0.15, 0.2) is 54.6 Å². The van der Waals surface area contributed by atoms with Gasteiger partial charge in [0.25, 0.3) is 0 Å². The molecule has 0 aliphatic rings. The molecular formula is C20H22N2O3. The summed E-state index contributed by atoms with van der Waals surface area (Å²) in [6, 6.07) is 17.1. The molecule has 0 bridgehead atoms. The Morgan fingerprint density at radius 1 is 1.04 bits per heavy atom. The normalized spacial score (nSPS) is 11.0. The van der Waals surface area contributed by atoms with Gasteiger partial charge in [-0.1, -0.05) is 18.2 Å². The van der Waals surface area contributed by atoms with Crippen LogP contribution in [0.4, 0.5) is 0 Å². The second kappa shape index (κ2) is 7.85. The summed E-state index contributed by atoms with van der Waals surface area (Å²) in [7, 11) is 3.99. The number of para-hydroxylation sites is 1. The highest BCUT2D eigenvalue weighted by Gasteiger charge is 2.11. The number of carbonyl (C=O) groups excluding carboxylic acids is 1. The summed E-state index contributed by atoms with van der Waals surface area (Å²) in [5.41, 5.74) is 1.33. The molecular weight excluding hydrogens is 316 g/mol. The third-order valence-corrected chi connectivity index (χ3v) is 3.77. The molecule has 5 heteroatoms. The molecule has 3 rings (SSSR count). The standard InChI is InChI=1S/C20H22N2O3/c1-22(2)11-6-12-24-20(23)19-14-15-13-17(9-10-18(15)21-19)25-16-7-4-3-5-8-16/h3-5,7-10,13-14,21H,6,11-12H2,1-2H3. The lowest BCUT2D eigenvalue weighted by Crippen LogP contribution is -2.16. The number of aromatic amines is 1. The van der Waals surface area contributed by atoms with Crippen LogP contribution in [0.25, 0.3) is 10.9 Å². The molecule has 25 heavy (non-hydrogen) atoms. The lowest BCUT2D eigenvalue weighted by molar-refractivity contribution is 0.0487. The van der Waals surface area contributed by atoms with Crippen molar-refractivity contribution in [3.63, 3.8) is 0 Å². The van der Waals surface area contributed by atoms with Gasteiger partial charge in [0.15, 0.2) is 0 Å². The van der Waals surface area contributed by atoms with Crippen molar-refractivity contribution >= 4 is 16.9 Å². The monoisotopic (exact) mass is 338 g/mol. The Hall–Kier alpha value is -2.79. The second-order valence-electron chi connectivity index (χ2n) is 6.14. The van der Waals surface area contributed by atoms with E-state index in [9.17, 15) is 4.79 Å². The van der Waals surface area contributed by atoms with Crippen molar-refractivity contribution in [1.82, 2.24) is 9.88 Å². The van der Waals surface area contributed by atoms with E-state index in [1.165, 1.54) is 0 Å². The van der Waals surface area contributed by atoms with Gasteiger partial charge >= 0.3 is 5.97 Å². The van der Waals surface area contributed by atoms with Gasteiger partial charge in [0.2, 0.25) is 0 Å². The number of benzene rings is 2. The number of carbonyl (C=O) groups is 1. The molecule has 0 unspecified atom stereocenters. The summed E-state index contributed by atoms with van der Waals surface area (Å²) in [4.78, 5) is 17.3. The summed E-state index contributed by atoms with van der Waals surface area (Å²) in [5, 5.41) is 0.911. The minimum atomic E-state index is -0.333. The fraction of sp³-hybridized carbons (Fsp3) is 0.250. The SMILES string of the molecule is CN(C)CCCOC(=O)c1cc2cc(Oc3ccccc3)ccc2[nH]1. The van der Waals surface area contributed by atoms with E-state index in [1.807, 2.05) is 62.6 Å². The second-order valence-corrected chi connectivity index (χ2v) is 6.14. The lowest BCUT2D eigenvalue weighted by atomic mass is 10.2. The van der Waals surface area contributed by atoms with E-state index in [-0.39, 0.29) is 5.97 Å². The van der Waals surface area contributed by atoms with Crippen LogP contribution in [0.2, 0.25) is 0 Å². The smallest absolute Gasteiger partial charge is 0.354 e. The van der Waals surface area contributed by atoms with Gasteiger partial charge in [-0.25, -0.2) is 4.79 Å². The molecule has 1 heterocycles. The van der Waals surface area contributed by atoms with E-state index in [0.29, 0.717) is 12.3 Å². The number of rotatable bonds is 7. The molecule has 0 amide bonds. The molecule has 0 radical (unpaired) electrons. The van der Waals surface area contributed by atoms with E-state index < -0.39 is 0 Å². The molecule has 0 atom stereocenters. The van der Waals surface area contributed by atoms with Gasteiger partial charge in [0, 0.05) is 17.4 Å². The highest BCUT2D eigenvalue weighted by molar-refractivity contribution is 5.95. The zero-order valence-electron chi connectivity index (χ0n) is 14.5. The van der Waals surface area contributed by atoms with Crippen LogP contribution in [-0.4, -0.2) is 43.1 Å². The fourth-order valence-corrected chi connectivity index (χ4v) is 2.53. The van der Waals surface area contributed by atoms with Gasteiger partial charge in [-0.3, -0.25) is 0 Å². The number of fused-ring (bicyclic) bond motifs is 1. The van der Waals surface area contributed by atoms with Gasteiger partial charge in [-0.2, -0.15) is 0 Å². The minimum Gasteiger partial charge on any atom is -0.461 e. The van der Waals surface area contributed by atoms with Crippen LogP contribution in [0.1, 0.15) is 16.9 Å². The topological polar surface area (TPSA) is 54.6 Å². The quantitative estimate of drug-likeness (QED) is 0.521. The van der Waals surface area contributed by atoms with Gasteiger partial charge in [-0.05, 0) is 56.9 Å². The minimum absolute atomic E-state index is 0.333. The van der Waals surface area contributed by atoms with Crippen LogP contribution >= 0.6 is 0 Å². The molecule has 0 aliphatic carbocycles. The Bertz CT molecular complexity index is 841. The highest BCUT2D eigenvalue weighted by Crippen LogP contribution is 2.26. The maximum Gasteiger partial charge on any atom is 0.354 e. The average molecular weight is 338 g/mol. The van der Waals surface area contributed by atoms with Crippen LogP contribution < -0.4 is 4.74 Å². The van der Waals surface area contributed by atoms with Crippen LogP contribution in [0.3, 0.4) is 0 Å². The molecule has 1 N–H and O–H groups in total. The van der Waals surface area contributed by atoms with Gasteiger partial charge in [0.1, 0.15) is 17.2 Å². The van der Waals surface area contributed by atoms with E-state index in [0.717, 1.165) is 35.4 Å². The van der Waals surface area contributed by atoms with Crippen molar-refractivity contribution in [3.05, 3.63) is 60.3 Å². The number of nitrogens with zero attached hydrogens (tertiary/aromatic N) is 1. The largest absolute Gasteiger partial charge is 0.461 e. The van der Waals surface area contributed by atoms with Gasteiger partial charge < -0.3 is 19.4 Å². The molecule has 2 aromatic carbocycles. The van der Waals surface area contributed by atoms with Crippen molar-refractivity contribution in [2.75, 3.05) is 27.2 Å². The molecule has 0 saturated carbocycles. The predicted octanol–water partition coefficient (Wildman–Crippen LogP) is 4.07. The molecule has 1 aromatic heterocycles. The van der Waals surface area contributed by atoms with E-state index >= 15 is 0 Å². The Kier molecular flexibility index (Phi) is 5.36. The molecule has 0 spiro atoms. The number of ether oxygens (including phenoxy) is 2. The average Bonchev–Trinajstić information content (AvgIpc) is 3.03. The van der Waals surface area contributed by atoms with Gasteiger partial charge in [-0.15, -0.1) is 0 Å². The number of H-pyrrole nitrogens is 1. The van der Waals surface area contributed by atoms with Crippen LogP contribution in [-0.2, 0) is 4.74 Å². The number of esters is 1. The van der Waals surface area contributed by atoms with Crippen molar-refractivity contribution < 1.29 is 14.3 Å². The summed E-state index contributed by atoms with van der Waals surface area (Å²) in [6.07, 6.45) is 0.814. The Morgan fingerprint density at radius 3 is 2.60 bits per heavy atom. The summed E-state index contributed by atoms with van der Waals surface area (Å²) < 4.78 is 11.1. The van der Waals surface area contributed by atoms with E-state index in [2.05, 4.69) is 9.88 Å². The highest BCUT2D eigenvalue weighted by atomic mass is 16.5. The van der Waals surface area contributed by atoms with Crippen LogP contribution in [0, 0.1) is 0 Å². The first-order valence-corrected chi connectivity index (χ1v) is 8.29. The zero-order chi connectivity index (χ0) is 17.6. The van der Waals surface area contributed by atoms with Crippen molar-refractivity contribution in [3.8, 4) is 11.5 Å². The Morgan fingerprint density at radius 2 is 1.84 bits per heavy atom. The first-order chi connectivity index (χ1) is 12.1. The molecule has 0 aliphatic heterocycles. The summed E-state index contributed by atoms with van der Waals surface area (Å²) in [5.74, 6) is 1.17. The zero-order valence-corrected chi connectivity index (χ0v) is 14.5. The maximum atomic E-state index is 12.1. The van der Waals surface area contributed by atoms with Crippen molar-refractivity contribution in [1.29, 1.82) is 0 Å².